The zero-order chi connectivity index (χ0) is 8.10. The quantitative estimate of drug-likeness (QED) is 0.529. The average molecular weight is 153 g/mol. The van der Waals surface area contributed by atoms with Crippen LogP contribution in [-0.2, 0) is 0 Å². The topological polar surface area (TPSA) is 0 Å². The summed E-state index contributed by atoms with van der Waals surface area (Å²) in [6.07, 6.45) is 9.84. The predicted octanol–water partition coefficient (Wildman–Crippen LogP) is 3.82. The first-order valence-electron chi connectivity index (χ1n) is 5.17. The molecule has 0 aliphatic heterocycles. The Labute approximate surface area is 71.4 Å². The molecule has 1 aliphatic rings. The van der Waals surface area contributed by atoms with Gasteiger partial charge >= 0.3 is 0 Å². The molecule has 0 heterocycles. The summed E-state index contributed by atoms with van der Waals surface area (Å²) in [5.74, 6) is 1.94. The van der Waals surface area contributed by atoms with E-state index < -0.39 is 0 Å². The minimum absolute atomic E-state index is 0.947. The van der Waals surface area contributed by atoms with Crippen LogP contribution in [0.1, 0.15) is 51.9 Å². The van der Waals surface area contributed by atoms with Crippen molar-refractivity contribution < 1.29 is 0 Å². The molecule has 0 bridgehead atoms. The van der Waals surface area contributed by atoms with E-state index in [1.165, 1.54) is 44.9 Å². The normalized spacial score (nSPS) is 33.3. The summed E-state index contributed by atoms with van der Waals surface area (Å²) in [5, 5.41) is 0. The molecule has 1 fully saturated rings. The molecule has 0 N–H and O–H groups in total. The second-order valence-electron chi connectivity index (χ2n) is 3.86. The standard InChI is InChI=1S/C11H21/c1-3-10-8-6-5-7-9-11(10)4-2/h10-11H,1,3-9H2,2H3. The molecule has 1 saturated carbocycles. The fourth-order valence-electron chi connectivity index (χ4n) is 2.38. The summed E-state index contributed by atoms with van der Waals surface area (Å²) in [4.78, 5) is 0. The SMILES string of the molecule is [CH2]CC1CCCCCC1CC. The van der Waals surface area contributed by atoms with Crippen molar-refractivity contribution in [2.75, 3.05) is 0 Å². The van der Waals surface area contributed by atoms with Crippen molar-refractivity contribution in [1.29, 1.82) is 0 Å². The third-order valence-corrected chi connectivity index (χ3v) is 3.21. The minimum atomic E-state index is 0.947. The predicted molar refractivity (Wildman–Crippen MR) is 50.3 cm³/mol. The molecule has 0 aromatic rings. The van der Waals surface area contributed by atoms with E-state index in [0.29, 0.717) is 0 Å². The molecule has 2 unspecified atom stereocenters. The van der Waals surface area contributed by atoms with Crippen LogP contribution >= 0.6 is 0 Å². The van der Waals surface area contributed by atoms with E-state index >= 15 is 0 Å². The van der Waals surface area contributed by atoms with Crippen molar-refractivity contribution in [2.24, 2.45) is 11.8 Å². The summed E-state index contributed by atoms with van der Waals surface area (Å²) in [7, 11) is 0. The third kappa shape index (κ3) is 2.50. The van der Waals surface area contributed by atoms with Gasteiger partial charge in [0, 0.05) is 0 Å². The summed E-state index contributed by atoms with van der Waals surface area (Å²) < 4.78 is 0. The van der Waals surface area contributed by atoms with Crippen LogP contribution in [0.3, 0.4) is 0 Å². The van der Waals surface area contributed by atoms with Gasteiger partial charge in [0.2, 0.25) is 0 Å². The van der Waals surface area contributed by atoms with E-state index in [0.717, 1.165) is 11.8 Å². The number of hydrogen-bond acceptors (Lipinski definition) is 0. The maximum Gasteiger partial charge on any atom is -0.0386 e. The average Bonchev–Trinajstić information content (AvgIpc) is 2.27. The largest absolute Gasteiger partial charge is 0.0651 e. The Morgan fingerprint density at radius 1 is 1.09 bits per heavy atom. The lowest BCUT2D eigenvalue weighted by Crippen LogP contribution is -2.11. The lowest BCUT2D eigenvalue weighted by Gasteiger charge is -2.21. The maximum absolute atomic E-state index is 4.05. The van der Waals surface area contributed by atoms with Crippen LogP contribution in [0, 0.1) is 18.8 Å². The first-order chi connectivity index (χ1) is 5.38. The Morgan fingerprint density at radius 2 is 1.73 bits per heavy atom. The van der Waals surface area contributed by atoms with E-state index in [9.17, 15) is 0 Å². The smallest absolute Gasteiger partial charge is 0.0386 e. The van der Waals surface area contributed by atoms with Crippen molar-refractivity contribution in [3.8, 4) is 0 Å². The summed E-state index contributed by atoms with van der Waals surface area (Å²) in [5.41, 5.74) is 0. The third-order valence-electron chi connectivity index (χ3n) is 3.21. The van der Waals surface area contributed by atoms with Gasteiger partial charge in [0.05, 0.1) is 0 Å². The van der Waals surface area contributed by atoms with Gasteiger partial charge in [-0.25, -0.2) is 0 Å². The van der Waals surface area contributed by atoms with Gasteiger partial charge in [-0.15, -0.1) is 0 Å². The van der Waals surface area contributed by atoms with Gasteiger partial charge in [-0.05, 0) is 11.8 Å². The van der Waals surface area contributed by atoms with Crippen LogP contribution in [0.5, 0.6) is 0 Å². The van der Waals surface area contributed by atoms with Gasteiger partial charge in [0.1, 0.15) is 0 Å². The van der Waals surface area contributed by atoms with Crippen LogP contribution in [0.4, 0.5) is 0 Å². The van der Waals surface area contributed by atoms with Crippen LogP contribution in [-0.4, -0.2) is 0 Å². The van der Waals surface area contributed by atoms with Crippen molar-refractivity contribution in [3.05, 3.63) is 6.92 Å². The van der Waals surface area contributed by atoms with Gasteiger partial charge in [-0.2, -0.15) is 0 Å². The molecular weight excluding hydrogens is 132 g/mol. The Morgan fingerprint density at radius 3 is 2.27 bits per heavy atom. The van der Waals surface area contributed by atoms with Gasteiger partial charge < -0.3 is 0 Å². The molecule has 1 rings (SSSR count). The van der Waals surface area contributed by atoms with Crippen LogP contribution in [0.15, 0.2) is 0 Å². The van der Waals surface area contributed by atoms with E-state index in [-0.39, 0.29) is 0 Å². The van der Waals surface area contributed by atoms with E-state index in [4.69, 9.17) is 0 Å². The summed E-state index contributed by atoms with van der Waals surface area (Å²) >= 11 is 0. The van der Waals surface area contributed by atoms with Crippen molar-refractivity contribution in [3.63, 3.8) is 0 Å². The number of hydrogen-bond donors (Lipinski definition) is 0. The van der Waals surface area contributed by atoms with E-state index in [2.05, 4.69) is 13.8 Å². The zero-order valence-electron chi connectivity index (χ0n) is 7.81. The molecule has 0 spiro atoms. The molecule has 0 saturated heterocycles. The Hall–Kier alpha value is 0. The molecule has 2 atom stereocenters. The fourth-order valence-corrected chi connectivity index (χ4v) is 2.38. The van der Waals surface area contributed by atoms with E-state index in [1.54, 1.807) is 0 Å². The Bertz CT molecular complexity index is 84.2. The zero-order valence-corrected chi connectivity index (χ0v) is 7.81. The van der Waals surface area contributed by atoms with Crippen molar-refractivity contribution in [2.45, 2.75) is 51.9 Å². The van der Waals surface area contributed by atoms with Gasteiger partial charge in [0.25, 0.3) is 0 Å². The van der Waals surface area contributed by atoms with Crippen LogP contribution in [0.25, 0.3) is 0 Å². The second-order valence-corrected chi connectivity index (χ2v) is 3.86. The minimum Gasteiger partial charge on any atom is -0.0651 e. The lowest BCUT2D eigenvalue weighted by atomic mass is 9.84. The summed E-state index contributed by atoms with van der Waals surface area (Å²) in [6, 6.07) is 0. The molecule has 0 aromatic carbocycles. The highest BCUT2D eigenvalue weighted by Gasteiger charge is 2.19. The first-order valence-corrected chi connectivity index (χ1v) is 5.17. The molecule has 0 nitrogen and oxygen atoms in total. The van der Waals surface area contributed by atoms with Gasteiger partial charge in [-0.1, -0.05) is 58.8 Å². The highest BCUT2D eigenvalue weighted by Crippen LogP contribution is 2.32. The van der Waals surface area contributed by atoms with Crippen molar-refractivity contribution in [1.82, 2.24) is 0 Å². The molecule has 1 aliphatic carbocycles. The maximum atomic E-state index is 4.05. The van der Waals surface area contributed by atoms with Crippen LogP contribution in [0.2, 0.25) is 0 Å². The van der Waals surface area contributed by atoms with Crippen molar-refractivity contribution >= 4 is 0 Å². The molecule has 1 radical (unpaired) electrons. The molecule has 0 amide bonds. The molecule has 0 aromatic heterocycles. The number of rotatable bonds is 2. The highest BCUT2D eigenvalue weighted by atomic mass is 14.3. The summed E-state index contributed by atoms with van der Waals surface area (Å²) in [6.45, 7) is 6.38. The fraction of sp³-hybridized carbons (Fsp3) is 0.909. The van der Waals surface area contributed by atoms with Crippen LogP contribution < -0.4 is 0 Å². The molecular formula is C11H21. The first kappa shape index (κ1) is 9.09. The van der Waals surface area contributed by atoms with E-state index in [1.807, 2.05) is 0 Å². The molecule has 65 valence electrons. The van der Waals surface area contributed by atoms with Gasteiger partial charge in [-0.3, -0.25) is 0 Å². The molecule has 0 heteroatoms. The lowest BCUT2D eigenvalue weighted by molar-refractivity contribution is 0.305. The highest BCUT2D eigenvalue weighted by molar-refractivity contribution is 4.73. The second kappa shape index (κ2) is 4.79. The van der Waals surface area contributed by atoms with Gasteiger partial charge in [0.15, 0.2) is 0 Å². The Kier molecular flexibility index (Phi) is 3.96. The monoisotopic (exact) mass is 153 g/mol. The Balaban J connectivity index is 2.41. The molecule has 11 heavy (non-hydrogen) atoms.